The molecule has 0 spiro atoms. The van der Waals surface area contributed by atoms with Crippen LogP contribution < -0.4 is 30.6 Å². The average molecular weight is 288 g/mol. The van der Waals surface area contributed by atoms with Gasteiger partial charge in [0.15, 0.2) is 0 Å². The SMILES string of the molecule is O.O.O.O=C([O-])[O-].O=C([O-])[O-].O=C([O-])[O-].[Al+3].[Al+3]. The van der Waals surface area contributed by atoms with E-state index in [1.807, 2.05) is 0 Å². The van der Waals surface area contributed by atoms with Gasteiger partial charge in [-0.2, -0.15) is 0 Å². The predicted molar refractivity (Wildman–Crippen MR) is 38.5 cm³/mol. The molecule has 6 N–H and O–H groups in total. The molecule has 0 bridgehead atoms. The van der Waals surface area contributed by atoms with Crippen molar-refractivity contribution in [2.75, 3.05) is 0 Å². The first-order valence-electron chi connectivity index (χ1n) is 1.84. The summed E-state index contributed by atoms with van der Waals surface area (Å²) < 4.78 is 0. The third-order valence-electron chi connectivity index (χ3n) is 0. The van der Waals surface area contributed by atoms with E-state index in [1.54, 1.807) is 0 Å². The van der Waals surface area contributed by atoms with Gasteiger partial charge in [0.05, 0.1) is 0 Å². The number of carbonyl (C=O) groups excluding carboxylic acids is 3. The molecule has 0 saturated carbocycles. The molecule has 0 heterocycles. The zero-order valence-corrected chi connectivity index (χ0v) is 10.1. The van der Waals surface area contributed by atoms with Crippen LogP contribution >= 0.6 is 0 Å². The van der Waals surface area contributed by atoms with Crippen LogP contribution in [0.3, 0.4) is 0 Å². The van der Waals surface area contributed by atoms with Gasteiger partial charge in [-0.1, -0.05) is 0 Å². The van der Waals surface area contributed by atoms with Crippen molar-refractivity contribution in [3.05, 3.63) is 0 Å². The van der Waals surface area contributed by atoms with Crippen LogP contribution in [-0.4, -0.2) is 69.6 Å². The van der Waals surface area contributed by atoms with E-state index in [9.17, 15) is 0 Å². The van der Waals surface area contributed by atoms with Crippen LogP contribution in [0.1, 0.15) is 0 Å². The van der Waals surface area contributed by atoms with E-state index in [1.165, 1.54) is 0 Å². The van der Waals surface area contributed by atoms with Crippen molar-refractivity contribution in [2.45, 2.75) is 0 Å². The van der Waals surface area contributed by atoms with Crippen molar-refractivity contribution in [2.24, 2.45) is 0 Å². The Hall–Kier alpha value is -1.25. The van der Waals surface area contributed by atoms with Crippen molar-refractivity contribution < 1.29 is 61.5 Å². The Kier molecular flexibility index (Phi) is 156. The largest absolute Gasteiger partial charge is 3.00 e. The standard InChI is InChI=1S/3CH2O3.2Al.3H2O/c3*2-1(3)4;;;;;/h3*(H2,2,3,4);;;3*1H2/q;;;2*+3;;;/p-6. The molecule has 0 rings (SSSR count). The van der Waals surface area contributed by atoms with Crippen LogP contribution in [0.4, 0.5) is 14.4 Å². The van der Waals surface area contributed by atoms with Crippen LogP contribution in [-0.2, 0) is 0 Å². The maximum atomic E-state index is 8.33. The molecule has 0 aromatic rings. The van der Waals surface area contributed by atoms with E-state index in [0.717, 1.165) is 0 Å². The summed E-state index contributed by atoms with van der Waals surface area (Å²) in [6.07, 6.45) is -7.00. The van der Waals surface area contributed by atoms with Crippen LogP contribution in [0.25, 0.3) is 0 Å². The Bertz CT molecular complexity index is 117. The van der Waals surface area contributed by atoms with E-state index in [2.05, 4.69) is 0 Å². The molecule has 17 heavy (non-hydrogen) atoms. The second-order valence-corrected chi connectivity index (χ2v) is 0.750. The summed E-state index contributed by atoms with van der Waals surface area (Å²) in [5, 5.41) is 50.0. The Labute approximate surface area is 115 Å². The van der Waals surface area contributed by atoms with E-state index >= 15 is 0 Å². The molecule has 0 aliphatic carbocycles. The van der Waals surface area contributed by atoms with Gasteiger partial charge < -0.3 is 61.5 Å². The first kappa shape index (κ1) is 57.0. The Balaban J connectivity index is -0.0000000104. The number of carbonyl (C=O) groups is 3. The summed E-state index contributed by atoms with van der Waals surface area (Å²) in [5.74, 6) is 0. The summed E-state index contributed by atoms with van der Waals surface area (Å²) in [7, 11) is 0. The summed E-state index contributed by atoms with van der Waals surface area (Å²) in [4.78, 5) is 25.0. The van der Waals surface area contributed by atoms with Gasteiger partial charge in [-0.15, -0.1) is 0 Å². The molecular formula is C3H6Al2O12. The maximum absolute atomic E-state index is 8.33. The third-order valence-corrected chi connectivity index (χ3v) is 0. The minimum atomic E-state index is -2.33. The van der Waals surface area contributed by atoms with Crippen molar-refractivity contribution in [1.82, 2.24) is 0 Å². The molecule has 12 nitrogen and oxygen atoms in total. The quantitative estimate of drug-likeness (QED) is 0.381. The fraction of sp³-hybridized carbons (Fsp3) is 0. The Morgan fingerprint density at radius 2 is 0.471 bits per heavy atom. The molecule has 0 unspecified atom stereocenters. The number of hydrogen-bond donors (Lipinski definition) is 0. The van der Waals surface area contributed by atoms with E-state index in [4.69, 9.17) is 45.0 Å². The normalized spacial score (nSPS) is 4.24. The second-order valence-electron chi connectivity index (χ2n) is 0.750. The first-order chi connectivity index (χ1) is 5.20. The van der Waals surface area contributed by atoms with Crippen LogP contribution in [0.2, 0.25) is 0 Å². The summed E-state index contributed by atoms with van der Waals surface area (Å²) in [6.45, 7) is 0. The number of hydrogen-bond acceptors (Lipinski definition) is 9. The zero-order chi connectivity index (χ0) is 10.7. The molecule has 0 amide bonds. The Morgan fingerprint density at radius 1 is 0.471 bits per heavy atom. The van der Waals surface area contributed by atoms with Crippen LogP contribution in [0, 0.1) is 0 Å². The molecule has 0 fully saturated rings. The maximum Gasteiger partial charge on any atom is 3.00 e. The number of carboxylic acid groups (broad SMARTS) is 6. The number of rotatable bonds is 0. The van der Waals surface area contributed by atoms with E-state index in [0.29, 0.717) is 0 Å². The molecule has 0 atom stereocenters. The van der Waals surface area contributed by atoms with Crippen LogP contribution in [0.5, 0.6) is 0 Å². The molecule has 14 heteroatoms. The summed E-state index contributed by atoms with van der Waals surface area (Å²) in [6, 6.07) is 0. The van der Waals surface area contributed by atoms with Gasteiger partial charge in [-0.3, -0.25) is 0 Å². The smallest absolute Gasteiger partial charge is 0.652 e. The van der Waals surface area contributed by atoms with Gasteiger partial charge in [-0.05, 0) is 18.5 Å². The molecule has 0 aliphatic heterocycles. The summed E-state index contributed by atoms with van der Waals surface area (Å²) >= 11 is 0. The molecule has 0 aromatic carbocycles. The average Bonchev–Trinajstić information content (AvgIpc) is 1.54. The second kappa shape index (κ2) is 46.4. The van der Waals surface area contributed by atoms with Crippen LogP contribution in [0.15, 0.2) is 0 Å². The minimum absolute atomic E-state index is 0. The predicted octanol–water partition coefficient (Wildman–Crippen LogP) is -10.6. The van der Waals surface area contributed by atoms with Crippen molar-refractivity contribution in [3.63, 3.8) is 0 Å². The molecule has 0 aliphatic rings. The first-order valence-corrected chi connectivity index (χ1v) is 1.84. The van der Waals surface area contributed by atoms with Crippen molar-refractivity contribution in [1.29, 1.82) is 0 Å². The molecule has 96 valence electrons. The molecule has 0 aromatic heterocycles. The van der Waals surface area contributed by atoms with Gasteiger partial charge in [0.25, 0.3) is 0 Å². The monoisotopic (exact) mass is 288 g/mol. The van der Waals surface area contributed by atoms with Gasteiger partial charge >= 0.3 is 34.7 Å². The van der Waals surface area contributed by atoms with Gasteiger partial charge in [-0.25, -0.2) is 0 Å². The molecular weight excluding hydrogens is 282 g/mol. The molecule has 0 saturated heterocycles. The molecule has 0 radical (unpaired) electrons. The van der Waals surface area contributed by atoms with Gasteiger partial charge in [0.2, 0.25) is 0 Å². The Morgan fingerprint density at radius 3 is 0.471 bits per heavy atom. The van der Waals surface area contributed by atoms with E-state index < -0.39 is 18.5 Å². The van der Waals surface area contributed by atoms with E-state index in [-0.39, 0.29) is 51.2 Å². The fourth-order valence-electron chi connectivity index (χ4n) is 0. The fourth-order valence-corrected chi connectivity index (χ4v) is 0. The third kappa shape index (κ3) is 1550. The minimum Gasteiger partial charge on any atom is -0.652 e. The summed E-state index contributed by atoms with van der Waals surface area (Å²) in [5.41, 5.74) is 0. The van der Waals surface area contributed by atoms with Crippen molar-refractivity contribution >= 4 is 53.2 Å². The van der Waals surface area contributed by atoms with Crippen molar-refractivity contribution in [3.8, 4) is 0 Å². The van der Waals surface area contributed by atoms with Gasteiger partial charge in [0, 0.05) is 0 Å². The zero-order valence-electron chi connectivity index (χ0n) is 7.83. The topological polar surface area (TPSA) is 284 Å². The van der Waals surface area contributed by atoms with Gasteiger partial charge in [0.1, 0.15) is 0 Å².